The number of hydrogen-bond donors (Lipinski definition) is 0. The SMILES string of the molecule is CC(c1ccco1)N(C)C(=O)C1CC2CCC1C2. The van der Waals surface area contributed by atoms with E-state index in [0.717, 1.165) is 18.1 Å². The van der Waals surface area contributed by atoms with E-state index in [1.54, 1.807) is 6.26 Å². The summed E-state index contributed by atoms with van der Waals surface area (Å²) in [6, 6.07) is 3.85. The number of amides is 1. The van der Waals surface area contributed by atoms with E-state index in [-0.39, 0.29) is 12.0 Å². The highest BCUT2D eigenvalue weighted by Crippen LogP contribution is 2.49. The lowest BCUT2D eigenvalue weighted by molar-refractivity contribution is -0.138. The Kier molecular flexibility index (Phi) is 2.92. The molecule has 1 aromatic heterocycles. The van der Waals surface area contributed by atoms with Gasteiger partial charge in [-0.2, -0.15) is 0 Å². The smallest absolute Gasteiger partial charge is 0.226 e. The van der Waals surface area contributed by atoms with Crippen molar-refractivity contribution in [3.05, 3.63) is 24.2 Å². The first kappa shape index (κ1) is 11.8. The molecule has 3 heteroatoms. The van der Waals surface area contributed by atoms with Crippen LogP contribution in [-0.4, -0.2) is 17.9 Å². The zero-order valence-electron chi connectivity index (χ0n) is 11.1. The van der Waals surface area contributed by atoms with Gasteiger partial charge in [-0.3, -0.25) is 4.79 Å². The summed E-state index contributed by atoms with van der Waals surface area (Å²) in [4.78, 5) is 14.4. The number of nitrogens with zero attached hydrogens (tertiary/aromatic N) is 1. The minimum absolute atomic E-state index is 0.0339. The minimum atomic E-state index is 0.0339. The molecular weight excluding hydrogens is 226 g/mol. The monoisotopic (exact) mass is 247 g/mol. The maximum absolute atomic E-state index is 12.6. The van der Waals surface area contributed by atoms with Gasteiger partial charge in [0.1, 0.15) is 5.76 Å². The quantitative estimate of drug-likeness (QED) is 0.821. The van der Waals surface area contributed by atoms with E-state index in [9.17, 15) is 4.79 Å². The Balaban J connectivity index is 1.69. The Labute approximate surface area is 108 Å². The third-order valence-electron chi connectivity index (χ3n) is 4.94. The Morgan fingerprint density at radius 3 is 2.83 bits per heavy atom. The molecule has 4 unspecified atom stereocenters. The van der Waals surface area contributed by atoms with Gasteiger partial charge in [-0.05, 0) is 50.2 Å². The van der Waals surface area contributed by atoms with Crippen LogP contribution in [0.15, 0.2) is 22.8 Å². The van der Waals surface area contributed by atoms with Crippen LogP contribution in [0.5, 0.6) is 0 Å². The first-order chi connectivity index (χ1) is 8.66. The number of carbonyl (C=O) groups is 1. The summed E-state index contributed by atoms with van der Waals surface area (Å²) in [6.45, 7) is 2.03. The van der Waals surface area contributed by atoms with Crippen LogP contribution in [0.4, 0.5) is 0 Å². The van der Waals surface area contributed by atoms with Crippen LogP contribution < -0.4 is 0 Å². The molecule has 4 atom stereocenters. The lowest BCUT2D eigenvalue weighted by Gasteiger charge is -2.29. The highest BCUT2D eigenvalue weighted by Gasteiger charge is 2.44. The van der Waals surface area contributed by atoms with Gasteiger partial charge < -0.3 is 9.32 Å². The fourth-order valence-electron chi connectivity index (χ4n) is 3.72. The van der Waals surface area contributed by atoms with Crippen molar-refractivity contribution in [2.45, 2.75) is 38.6 Å². The molecular formula is C15H21NO2. The van der Waals surface area contributed by atoms with Crippen LogP contribution in [0.25, 0.3) is 0 Å². The van der Waals surface area contributed by atoms with E-state index in [4.69, 9.17) is 4.42 Å². The maximum atomic E-state index is 12.6. The summed E-state index contributed by atoms with van der Waals surface area (Å²) in [5.41, 5.74) is 0. The van der Waals surface area contributed by atoms with Crippen LogP contribution in [-0.2, 0) is 4.79 Å². The molecule has 1 aromatic rings. The second-order valence-electron chi connectivity index (χ2n) is 5.92. The van der Waals surface area contributed by atoms with Gasteiger partial charge in [0.25, 0.3) is 0 Å². The number of carbonyl (C=O) groups excluding carboxylic acids is 1. The Morgan fingerprint density at radius 2 is 2.28 bits per heavy atom. The fourth-order valence-corrected chi connectivity index (χ4v) is 3.72. The van der Waals surface area contributed by atoms with Crippen LogP contribution >= 0.6 is 0 Å². The average molecular weight is 247 g/mol. The molecule has 0 radical (unpaired) electrons. The van der Waals surface area contributed by atoms with E-state index in [1.165, 1.54) is 19.3 Å². The molecule has 2 saturated carbocycles. The Hall–Kier alpha value is -1.25. The van der Waals surface area contributed by atoms with Gasteiger partial charge in [-0.25, -0.2) is 0 Å². The van der Waals surface area contributed by atoms with Crippen LogP contribution in [0.1, 0.15) is 44.4 Å². The average Bonchev–Trinajstić information content (AvgIpc) is 3.11. The summed E-state index contributed by atoms with van der Waals surface area (Å²) in [5.74, 6) is 2.91. The zero-order chi connectivity index (χ0) is 12.7. The number of fused-ring (bicyclic) bond motifs is 2. The van der Waals surface area contributed by atoms with E-state index >= 15 is 0 Å². The molecule has 0 aliphatic heterocycles. The van der Waals surface area contributed by atoms with Crippen molar-refractivity contribution in [3.8, 4) is 0 Å². The van der Waals surface area contributed by atoms with Crippen molar-refractivity contribution in [3.63, 3.8) is 0 Å². The van der Waals surface area contributed by atoms with Gasteiger partial charge in [0.2, 0.25) is 5.91 Å². The summed E-state index contributed by atoms with van der Waals surface area (Å²) in [6.07, 6.45) is 6.65. The van der Waals surface area contributed by atoms with Crippen molar-refractivity contribution >= 4 is 5.91 Å². The van der Waals surface area contributed by atoms with Gasteiger partial charge >= 0.3 is 0 Å². The van der Waals surface area contributed by atoms with E-state index < -0.39 is 0 Å². The van der Waals surface area contributed by atoms with E-state index in [2.05, 4.69) is 0 Å². The number of rotatable bonds is 3. The van der Waals surface area contributed by atoms with E-state index in [0.29, 0.717) is 11.8 Å². The summed E-state index contributed by atoms with van der Waals surface area (Å²) in [7, 11) is 1.90. The summed E-state index contributed by atoms with van der Waals surface area (Å²) < 4.78 is 5.40. The van der Waals surface area contributed by atoms with Crippen molar-refractivity contribution in [2.75, 3.05) is 7.05 Å². The molecule has 2 fully saturated rings. The highest BCUT2D eigenvalue weighted by molar-refractivity contribution is 5.79. The molecule has 1 heterocycles. The maximum Gasteiger partial charge on any atom is 0.226 e. The lowest BCUT2D eigenvalue weighted by atomic mass is 9.87. The topological polar surface area (TPSA) is 33.5 Å². The standard InChI is InChI=1S/C15H21NO2/c1-10(14-4-3-7-18-14)16(2)15(17)13-9-11-5-6-12(13)8-11/h3-4,7,10-13H,5-6,8-9H2,1-2H3. The van der Waals surface area contributed by atoms with Crippen molar-refractivity contribution in [1.29, 1.82) is 0 Å². The van der Waals surface area contributed by atoms with Crippen LogP contribution in [0.2, 0.25) is 0 Å². The van der Waals surface area contributed by atoms with Gasteiger partial charge in [0, 0.05) is 13.0 Å². The summed E-state index contributed by atoms with van der Waals surface area (Å²) >= 11 is 0. The number of furan rings is 1. The Bertz CT molecular complexity index is 426. The van der Waals surface area contributed by atoms with E-state index in [1.807, 2.05) is 31.0 Å². The first-order valence-corrected chi connectivity index (χ1v) is 6.97. The Morgan fingerprint density at radius 1 is 1.44 bits per heavy atom. The predicted octanol–water partition coefficient (Wildman–Crippen LogP) is 3.24. The summed E-state index contributed by atoms with van der Waals surface area (Å²) in [5, 5.41) is 0. The normalized spacial score (nSPS) is 31.6. The molecule has 0 N–H and O–H groups in total. The van der Waals surface area contributed by atoms with Crippen molar-refractivity contribution in [2.24, 2.45) is 17.8 Å². The second-order valence-corrected chi connectivity index (χ2v) is 5.92. The molecule has 0 aromatic carbocycles. The van der Waals surface area contributed by atoms with Gasteiger partial charge in [-0.15, -0.1) is 0 Å². The van der Waals surface area contributed by atoms with Gasteiger partial charge in [0.05, 0.1) is 12.3 Å². The molecule has 2 aliphatic carbocycles. The van der Waals surface area contributed by atoms with Gasteiger partial charge in [0.15, 0.2) is 0 Å². The number of hydrogen-bond acceptors (Lipinski definition) is 2. The predicted molar refractivity (Wildman–Crippen MR) is 68.8 cm³/mol. The first-order valence-electron chi connectivity index (χ1n) is 6.97. The third kappa shape index (κ3) is 1.86. The zero-order valence-corrected chi connectivity index (χ0v) is 11.1. The van der Waals surface area contributed by atoms with Crippen molar-refractivity contribution < 1.29 is 9.21 Å². The molecule has 18 heavy (non-hydrogen) atoms. The highest BCUT2D eigenvalue weighted by atomic mass is 16.3. The molecule has 98 valence electrons. The lowest BCUT2D eigenvalue weighted by Crippen LogP contribution is -2.37. The van der Waals surface area contributed by atoms with Crippen molar-refractivity contribution in [1.82, 2.24) is 4.90 Å². The fraction of sp³-hybridized carbons (Fsp3) is 0.667. The van der Waals surface area contributed by atoms with Crippen LogP contribution in [0, 0.1) is 17.8 Å². The molecule has 2 bridgehead atoms. The molecule has 0 spiro atoms. The minimum Gasteiger partial charge on any atom is -0.467 e. The molecule has 1 amide bonds. The molecule has 2 aliphatic rings. The molecule has 0 saturated heterocycles. The second kappa shape index (κ2) is 4.45. The molecule has 3 rings (SSSR count). The van der Waals surface area contributed by atoms with Gasteiger partial charge in [-0.1, -0.05) is 6.42 Å². The largest absolute Gasteiger partial charge is 0.467 e. The third-order valence-corrected chi connectivity index (χ3v) is 4.94. The molecule has 3 nitrogen and oxygen atoms in total. The van der Waals surface area contributed by atoms with Crippen LogP contribution in [0.3, 0.4) is 0 Å².